The summed E-state index contributed by atoms with van der Waals surface area (Å²) in [6.45, 7) is 5.01. The van der Waals surface area contributed by atoms with Crippen molar-refractivity contribution in [1.29, 1.82) is 4.78 Å². The fourth-order valence-electron chi connectivity index (χ4n) is 1.75. The second-order valence-electron chi connectivity index (χ2n) is 5.40. The topological polar surface area (TPSA) is 136 Å². The SMILES string of the molecule is CCCCS(=N)(=O)CCC(NC(=O)[C@H](C)NC(=O)CC)C(=O)O. The van der Waals surface area contributed by atoms with Gasteiger partial charge in [0.25, 0.3) is 0 Å². The molecule has 2 amide bonds. The number of hydrogen-bond donors (Lipinski definition) is 4. The largest absolute Gasteiger partial charge is 0.480 e. The molecule has 9 heteroatoms. The Balaban J connectivity index is 4.61. The van der Waals surface area contributed by atoms with Gasteiger partial charge in [-0.25, -0.2) is 9.00 Å². The van der Waals surface area contributed by atoms with Crippen LogP contribution in [0.25, 0.3) is 0 Å². The highest BCUT2D eigenvalue weighted by Crippen LogP contribution is 2.04. The minimum atomic E-state index is -2.84. The second-order valence-corrected chi connectivity index (χ2v) is 7.84. The number of unbranched alkanes of at least 4 members (excludes halogenated alkanes) is 1. The molecule has 0 aromatic rings. The molecule has 0 saturated carbocycles. The van der Waals surface area contributed by atoms with E-state index in [9.17, 15) is 18.6 Å². The van der Waals surface area contributed by atoms with Gasteiger partial charge in [0.1, 0.15) is 12.1 Å². The Morgan fingerprint density at radius 1 is 1.17 bits per heavy atom. The number of rotatable bonds is 11. The highest BCUT2D eigenvalue weighted by molar-refractivity contribution is 7.92. The van der Waals surface area contributed by atoms with Crippen molar-refractivity contribution in [3.63, 3.8) is 0 Å². The van der Waals surface area contributed by atoms with Gasteiger partial charge in [-0.15, -0.1) is 0 Å². The summed E-state index contributed by atoms with van der Waals surface area (Å²) in [5.41, 5.74) is 0. The molecule has 0 heterocycles. The standard InChI is InChI=1S/C14H27N3O5S/c1-4-6-8-23(15,22)9-7-11(14(20)21)17-13(19)10(3)16-12(18)5-2/h10-11,15H,4-9H2,1-3H3,(H,16,18)(H,17,19)(H,20,21)/t10-,11?,23?/m0/s1. The molecule has 3 atom stereocenters. The highest BCUT2D eigenvalue weighted by atomic mass is 32.2. The molecule has 0 aliphatic heterocycles. The van der Waals surface area contributed by atoms with Crippen LogP contribution in [0.4, 0.5) is 0 Å². The lowest BCUT2D eigenvalue weighted by atomic mass is 10.2. The maximum Gasteiger partial charge on any atom is 0.326 e. The average molecular weight is 349 g/mol. The van der Waals surface area contributed by atoms with Crippen molar-refractivity contribution >= 4 is 27.5 Å². The van der Waals surface area contributed by atoms with Crippen LogP contribution in [-0.4, -0.2) is 50.7 Å². The fraction of sp³-hybridized carbons (Fsp3) is 0.786. The van der Waals surface area contributed by atoms with Gasteiger partial charge in [0.15, 0.2) is 0 Å². The van der Waals surface area contributed by atoms with Crippen LogP contribution in [0.5, 0.6) is 0 Å². The van der Waals surface area contributed by atoms with E-state index in [0.717, 1.165) is 6.42 Å². The Bertz CT molecular complexity index is 519. The van der Waals surface area contributed by atoms with Gasteiger partial charge in [-0.2, -0.15) is 0 Å². The molecule has 0 aliphatic rings. The van der Waals surface area contributed by atoms with Crippen LogP contribution < -0.4 is 10.6 Å². The van der Waals surface area contributed by atoms with E-state index in [2.05, 4.69) is 10.6 Å². The summed E-state index contributed by atoms with van der Waals surface area (Å²) in [5.74, 6) is -2.04. The third kappa shape index (κ3) is 9.17. The van der Waals surface area contributed by atoms with Crippen LogP contribution >= 0.6 is 0 Å². The molecule has 0 radical (unpaired) electrons. The smallest absolute Gasteiger partial charge is 0.326 e. The lowest BCUT2D eigenvalue weighted by Gasteiger charge is -2.19. The molecule has 0 aromatic heterocycles. The Labute approximate surface area is 137 Å². The summed E-state index contributed by atoms with van der Waals surface area (Å²) >= 11 is 0. The molecule has 0 fully saturated rings. The van der Waals surface area contributed by atoms with Gasteiger partial charge in [-0.05, 0) is 19.8 Å². The molecule has 0 aromatic carbocycles. The molecule has 0 saturated heterocycles. The van der Waals surface area contributed by atoms with E-state index in [1.165, 1.54) is 6.92 Å². The molecular weight excluding hydrogens is 322 g/mol. The molecule has 0 aliphatic carbocycles. The second kappa shape index (κ2) is 10.2. The number of amides is 2. The molecule has 0 rings (SSSR count). The lowest BCUT2D eigenvalue weighted by Crippen LogP contribution is -2.50. The number of carboxylic acid groups (broad SMARTS) is 1. The lowest BCUT2D eigenvalue weighted by molar-refractivity contribution is -0.142. The van der Waals surface area contributed by atoms with Crippen molar-refractivity contribution in [2.75, 3.05) is 11.5 Å². The average Bonchev–Trinajstić information content (AvgIpc) is 2.48. The number of carbonyl (C=O) groups excluding carboxylic acids is 2. The Kier molecular flexibility index (Phi) is 9.47. The van der Waals surface area contributed by atoms with Gasteiger partial charge in [0.05, 0.1) is 0 Å². The van der Waals surface area contributed by atoms with E-state index in [4.69, 9.17) is 9.89 Å². The normalized spacial score (nSPS) is 16.0. The number of carboxylic acids is 1. The summed E-state index contributed by atoms with van der Waals surface area (Å²) in [7, 11) is -2.84. The Morgan fingerprint density at radius 3 is 2.26 bits per heavy atom. The van der Waals surface area contributed by atoms with Crippen LogP contribution in [0.15, 0.2) is 0 Å². The molecule has 23 heavy (non-hydrogen) atoms. The predicted molar refractivity (Wildman–Crippen MR) is 87.6 cm³/mol. The molecular formula is C14H27N3O5S. The molecule has 2 unspecified atom stereocenters. The van der Waals surface area contributed by atoms with Crippen molar-refractivity contribution in [2.24, 2.45) is 0 Å². The first-order chi connectivity index (χ1) is 10.6. The number of hydrogen-bond acceptors (Lipinski definition) is 5. The number of aliphatic carboxylic acids is 1. The zero-order chi connectivity index (χ0) is 18.0. The summed E-state index contributed by atoms with van der Waals surface area (Å²) in [6.07, 6.45) is 1.59. The summed E-state index contributed by atoms with van der Waals surface area (Å²) < 4.78 is 19.7. The van der Waals surface area contributed by atoms with Crippen molar-refractivity contribution in [1.82, 2.24) is 10.6 Å². The zero-order valence-electron chi connectivity index (χ0n) is 13.9. The van der Waals surface area contributed by atoms with Crippen molar-refractivity contribution in [3.8, 4) is 0 Å². The first-order valence-corrected chi connectivity index (χ1v) is 9.59. The minimum absolute atomic E-state index is 0.0818. The Hall–Kier alpha value is -1.64. The van der Waals surface area contributed by atoms with E-state index in [1.807, 2.05) is 6.92 Å². The van der Waals surface area contributed by atoms with Crippen LogP contribution in [0.3, 0.4) is 0 Å². The minimum Gasteiger partial charge on any atom is -0.480 e. The van der Waals surface area contributed by atoms with Gasteiger partial charge in [0, 0.05) is 27.7 Å². The van der Waals surface area contributed by atoms with E-state index in [0.29, 0.717) is 6.42 Å². The van der Waals surface area contributed by atoms with Gasteiger partial charge in [-0.1, -0.05) is 20.3 Å². The maximum absolute atomic E-state index is 12.0. The van der Waals surface area contributed by atoms with E-state index >= 15 is 0 Å². The number of nitrogens with one attached hydrogen (secondary N) is 3. The molecule has 0 spiro atoms. The van der Waals surface area contributed by atoms with Crippen LogP contribution in [0.2, 0.25) is 0 Å². The van der Waals surface area contributed by atoms with E-state index < -0.39 is 33.7 Å². The van der Waals surface area contributed by atoms with Gasteiger partial charge >= 0.3 is 5.97 Å². The third-order valence-electron chi connectivity index (χ3n) is 3.27. The Morgan fingerprint density at radius 2 is 1.78 bits per heavy atom. The van der Waals surface area contributed by atoms with E-state index in [1.54, 1.807) is 6.92 Å². The van der Waals surface area contributed by atoms with E-state index in [-0.39, 0.29) is 30.3 Å². The molecule has 0 bridgehead atoms. The fourth-order valence-corrected chi connectivity index (χ4v) is 3.33. The third-order valence-corrected chi connectivity index (χ3v) is 5.11. The molecule has 8 nitrogen and oxygen atoms in total. The maximum atomic E-state index is 12.0. The number of carbonyl (C=O) groups is 3. The summed E-state index contributed by atoms with van der Waals surface area (Å²) in [6, 6.07) is -2.08. The van der Waals surface area contributed by atoms with Crippen molar-refractivity contribution < 1.29 is 23.7 Å². The summed E-state index contributed by atoms with van der Waals surface area (Å²) in [5, 5.41) is 13.9. The highest BCUT2D eigenvalue weighted by Gasteiger charge is 2.24. The van der Waals surface area contributed by atoms with Crippen LogP contribution in [-0.2, 0) is 24.1 Å². The van der Waals surface area contributed by atoms with Crippen LogP contribution in [0.1, 0.15) is 46.5 Å². The van der Waals surface area contributed by atoms with Crippen molar-refractivity contribution in [2.45, 2.75) is 58.5 Å². The zero-order valence-corrected chi connectivity index (χ0v) is 14.7. The summed E-state index contributed by atoms with van der Waals surface area (Å²) in [4.78, 5) is 34.3. The van der Waals surface area contributed by atoms with Crippen molar-refractivity contribution in [3.05, 3.63) is 0 Å². The molecule has 4 N–H and O–H groups in total. The first kappa shape index (κ1) is 21.4. The van der Waals surface area contributed by atoms with Gasteiger partial charge in [-0.3, -0.25) is 14.4 Å². The quantitative estimate of drug-likeness (QED) is 0.435. The van der Waals surface area contributed by atoms with Crippen LogP contribution in [0, 0.1) is 4.78 Å². The van der Waals surface area contributed by atoms with Gasteiger partial charge < -0.3 is 15.7 Å². The van der Waals surface area contributed by atoms with Gasteiger partial charge in [0.2, 0.25) is 11.8 Å². The monoisotopic (exact) mass is 349 g/mol. The molecule has 134 valence electrons. The predicted octanol–water partition coefficient (Wildman–Crippen LogP) is 0.707. The first-order valence-electron chi connectivity index (χ1n) is 7.69.